The van der Waals surface area contributed by atoms with Crippen molar-refractivity contribution in [3.05, 3.63) is 0 Å². The summed E-state index contributed by atoms with van der Waals surface area (Å²) in [7, 11) is 0. The fourth-order valence-corrected chi connectivity index (χ4v) is 1.02. The summed E-state index contributed by atoms with van der Waals surface area (Å²) in [6, 6.07) is 0.521. The van der Waals surface area contributed by atoms with Crippen molar-refractivity contribution >= 4 is 11.9 Å². The van der Waals surface area contributed by atoms with Crippen LogP contribution in [0.15, 0.2) is 0 Å². The Morgan fingerprint density at radius 1 is 1.24 bits per heavy atom. The molecule has 1 saturated heterocycles. The molecular weight excluding hydrogens is 241 g/mol. The molecule has 2 rings (SSSR count). The van der Waals surface area contributed by atoms with Gasteiger partial charge in [0.2, 0.25) is 5.91 Å². The number of carboxylic acids is 1. The van der Waals surface area contributed by atoms with E-state index in [9.17, 15) is 18.0 Å². The fourth-order valence-electron chi connectivity index (χ4n) is 1.02. The first-order chi connectivity index (χ1) is 7.80. The minimum absolute atomic E-state index is 0.251. The van der Waals surface area contributed by atoms with Crippen molar-refractivity contribution in [2.75, 3.05) is 13.1 Å². The Kier molecular flexibility index (Phi) is 4.33. The van der Waals surface area contributed by atoms with Crippen molar-refractivity contribution in [1.29, 1.82) is 0 Å². The number of nitrogens with one attached hydrogen (secondary N) is 2. The number of aliphatic carboxylic acids is 1. The first kappa shape index (κ1) is 13.8. The largest absolute Gasteiger partial charge is 0.490 e. The van der Waals surface area contributed by atoms with E-state index in [2.05, 4.69) is 10.6 Å². The predicted molar refractivity (Wildman–Crippen MR) is 51.2 cm³/mol. The number of hydrogen-bond acceptors (Lipinski definition) is 3. The van der Waals surface area contributed by atoms with E-state index < -0.39 is 12.1 Å². The summed E-state index contributed by atoms with van der Waals surface area (Å²) in [4.78, 5) is 20.0. The van der Waals surface area contributed by atoms with Gasteiger partial charge in [0.1, 0.15) is 0 Å². The Morgan fingerprint density at radius 2 is 1.71 bits per heavy atom. The van der Waals surface area contributed by atoms with E-state index in [0.29, 0.717) is 6.04 Å². The Bertz CT molecular complexity index is 298. The lowest BCUT2D eigenvalue weighted by Gasteiger charge is -2.25. The summed E-state index contributed by atoms with van der Waals surface area (Å²) in [6.45, 7) is 1.75. The standard InChI is InChI=1S/C7H12N2O.C2HF3O2/c10-7(5-3-8-4-5)9-6-1-2-6;3-2(4,5)1(6)7/h5-6,8H,1-4H2,(H,9,10);(H,6,7). The highest BCUT2D eigenvalue weighted by Crippen LogP contribution is 2.19. The highest BCUT2D eigenvalue weighted by atomic mass is 19.4. The second-order valence-electron chi connectivity index (χ2n) is 3.94. The van der Waals surface area contributed by atoms with Gasteiger partial charge in [-0.05, 0) is 12.8 Å². The summed E-state index contributed by atoms with van der Waals surface area (Å²) >= 11 is 0. The van der Waals surface area contributed by atoms with Crippen molar-refractivity contribution in [3.8, 4) is 0 Å². The zero-order chi connectivity index (χ0) is 13.1. The number of rotatable bonds is 2. The van der Waals surface area contributed by atoms with Crippen LogP contribution < -0.4 is 10.6 Å². The van der Waals surface area contributed by atoms with Crippen LogP contribution in [0.25, 0.3) is 0 Å². The number of hydrogen-bond donors (Lipinski definition) is 3. The quantitative estimate of drug-likeness (QED) is 0.654. The number of carbonyl (C=O) groups is 2. The molecule has 0 spiro atoms. The zero-order valence-corrected chi connectivity index (χ0v) is 8.88. The van der Waals surface area contributed by atoms with E-state index in [1.54, 1.807) is 0 Å². The second kappa shape index (κ2) is 5.35. The maximum Gasteiger partial charge on any atom is 0.490 e. The number of halogens is 3. The SMILES string of the molecule is O=C(NC1CC1)C1CNC1.O=C(O)C(F)(F)F. The molecule has 1 aliphatic carbocycles. The monoisotopic (exact) mass is 254 g/mol. The van der Waals surface area contributed by atoms with Crippen molar-refractivity contribution < 1.29 is 27.9 Å². The molecule has 98 valence electrons. The third kappa shape index (κ3) is 5.03. The topological polar surface area (TPSA) is 78.4 Å². The van der Waals surface area contributed by atoms with E-state index in [4.69, 9.17) is 9.90 Å². The summed E-state index contributed by atoms with van der Waals surface area (Å²) in [5, 5.41) is 13.2. The van der Waals surface area contributed by atoms with Gasteiger partial charge in [0.05, 0.1) is 5.92 Å². The molecule has 0 aromatic heterocycles. The number of carboxylic acid groups (broad SMARTS) is 1. The normalized spacial score (nSPS) is 19.7. The zero-order valence-electron chi connectivity index (χ0n) is 8.88. The predicted octanol–water partition coefficient (Wildman–Crippen LogP) is 0.118. The highest BCUT2D eigenvalue weighted by Gasteiger charge is 2.38. The van der Waals surface area contributed by atoms with Gasteiger partial charge in [-0.1, -0.05) is 0 Å². The lowest BCUT2D eigenvalue weighted by atomic mass is 10.0. The number of alkyl halides is 3. The van der Waals surface area contributed by atoms with Crippen LogP contribution >= 0.6 is 0 Å². The molecule has 5 nitrogen and oxygen atoms in total. The van der Waals surface area contributed by atoms with Crippen molar-refractivity contribution in [2.24, 2.45) is 5.92 Å². The minimum Gasteiger partial charge on any atom is -0.475 e. The van der Waals surface area contributed by atoms with Crippen molar-refractivity contribution in [2.45, 2.75) is 25.1 Å². The minimum atomic E-state index is -5.08. The molecule has 8 heteroatoms. The van der Waals surface area contributed by atoms with Gasteiger partial charge in [-0.25, -0.2) is 4.79 Å². The van der Waals surface area contributed by atoms with Gasteiger partial charge in [0.25, 0.3) is 0 Å². The molecule has 3 N–H and O–H groups in total. The van der Waals surface area contributed by atoms with E-state index in [0.717, 1.165) is 13.1 Å². The van der Waals surface area contributed by atoms with Crippen LogP contribution in [0, 0.1) is 5.92 Å². The van der Waals surface area contributed by atoms with E-state index in [1.165, 1.54) is 12.8 Å². The third-order valence-corrected chi connectivity index (χ3v) is 2.32. The summed E-state index contributed by atoms with van der Waals surface area (Å²) in [5.74, 6) is -2.24. The number of carbonyl (C=O) groups excluding carboxylic acids is 1. The van der Waals surface area contributed by atoms with Gasteiger partial charge in [-0.2, -0.15) is 13.2 Å². The average Bonchev–Trinajstić information content (AvgIpc) is 2.83. The molecule has 2 aliphatic rings. The van der Waals surface area contributed by atoms with Crippen LogP contribution in [0.2, 0.25) is 0 Å². The van der Waals surface area contributed by atoms with Crippen LogP contribution in [0.4, 0.5) is 13.2 Å². The second-order valence-corrected chi connectivity index (χ2v) is 3.94. The van der Waals surface area contributed by atoms with Crippen molar-refractivity contribution in [3.63, 3.8) is 0 Å². The van der Waals surface area contributed by atoms with Gasteiger partial charge in [0.15, 0.2) is 0 Å². The third-order valence-electron chi connectivity index (χ3n) is 2.32. The lowest BCUT2D eigenvalue weighted by molar-refractivity contribution is -0.192. The van der Waals surface area contributed by atoms with Gasteiger partial charge >= 0.3 is 12.1 Å². The summed E-state index contributed by atoms with van der Waals surface area (Å²) in [6.07, 6.45) is -2.71. The summed E-state index contributed by atoms with van der Waals surface area (Å²) in [5.41, 5.74) is 0. The van der Waals surface area contributed by atoms with Gasteiger partial charge in [-0.15, -0.1) is 0 Å². The fraction of sp³-hybridized carbons (Fsp3) is 0.778. The van der Waals surface area contributed by atoms with E-state index in [-0.39, 0.29) is 11.8 Å². The van der Waals surface area contributed by atoms with Gasteiger partial charge in [0, 0.05) is 19.1 Å². The lowest BCUT2D eigenvalue weighted by Crippen LogP contribution is -2.51. The molecule has 1 heterocycles. The molecule has 0 unspecified atom stereocenters. The van der Waals surface area contributed by atoms with Crippen LogP contribution in [-0.4, -0.2) is 42.3 Å². The molecule has 2 fully saturated rings. The van der Waals surface area contributed by atoms with Crippen LogP contribution in [0.1, 0.15) is 12.8 Å². The maximum absolute atomic E-state index is 11.1. The molecule has 0 aromatic carbocycles. The van der Waals surface area contributed by atoms with E-state index in [1.807, 2.05) is 0 Å². The summed E-state index contributed by atoms with van der Waals surface area (Å²) < 4.78 is 31.7. The molecule has 0 bridgehead atoms. The molecule has 0 aromatic rings. The molecule has 17 heavy (non-hydrogen) atoms. The Labute approximate surface area is 95.4 Å². The van der Waals surface area contributed by atoms with Crippen LogP contribution in [0.3, 0.4) is 0 Å². The Balaban J connectivity index is 0.000000185. The van der Waals surface area contributed by atoms with Crippen LogP contribution in [0.5, 0.6) is 0 Å². The molecule has 0 atom stereocenters. The molecule has 1 saturated carbocycles. The average molecular weight is 254 g/mol. The maximum atomic E-state index is 11.1. The molecular formula is C9H13F3N2O3. The van der Waals surface area contributed by atoms with Crippen molar-refractivity contribution in [1.82, 2.24) is 10.6 Å². The highest BCUT2D eigenvalue weighted by molar-refractivity contribution is 5.80. The smallest absolute Gasteiger partial charge is 0.475 e. The van der Waals surface area contributed by atoms with Gasteiger partial charge < -0.3 is 15.7 Å². The Hall–Kier alpha value is -1.31. The van der Waals surface area contributed by atoms with Gasteiger partial charge in [-0.3, -0.25) is 4.79 Å². The Morgan fingerprint density at radius 3 is 1.94 bits per heavy atom. The first-order valence-corrected chi connectivity index (χ1v) is 5.12. The number of amides is 1. The van der Waals surface area contributed by atoms with Crippen LogP contribution in [-0.2, 0) is 9.59 Å². The molecule has 1 amide bonds. The molecule has 1 aliphatic heterocycles. The first-order valence-electron chi connectivity index (χ1n) is 5.12. The van der Waals surface area contributed by atoms with E-state index >= 15 is 0 Å². The molecule has 0 radical (unpaired) electrons.